The Bertz CT molecular complexity index is 1160. The van der Waals surface area contributed by atoms with Crippen molar-refractivity contribution in [3.8, 4) is 0 Å². The van der Waals surface area contributed by atoms with Gasteiger partial charge in [-0.2, -0.15) is 5.10 Å². The van der Waals surface area contributed by atoms with Crippen molar-refractivity contribution < 1.29 is 9.18 Å². The smallest absolute Gasteiger partial charge is 0.271 e. The van der Waals surface area contributed by atoms with Gasteiger partial charge in [-0.1, -0.05) is 12.1 Å². The summed E-state index contributed by atoms with van der Waals surface area (Å²) in [4.78, 5) is 29.3. The van der Waals surface area contributed by atoms with Gasteiger partial charge < -0.3 is 5.32 Å². The third-order valence-corrected chi connectivity index (χ3v) is 4.47. The molecule has 9 heteroatoms. The number of rotatable bonds is 4. The minimum Gasteiger partial charge on any atom is -0.305 e. The second-order valence-corrected chi connectivity index (χ2v) is 6.39. The van der Waals surface area contributed by atoms with E-state index >= 15 is 0 Å². The summed E-state index contributed by atoms with van der Waals surface area (Å²) >= 11 is 1.31. The summed E-state index contributed by atoms with van der Waals surface area (Å²) in [7, 11) is 0. The summed E-state index contributed by atoms with van der Waals surface area (Å²) in [5.41, 5.74) is 0.241. The van der Waals surface area contributed by atoms with Crippen molar-refractivity contribution in [1.82, 2.24) is 19.2 Å². The summed E-state index contributed by atoms with van der Waals surface area (Å²) in [6, 6.07) is 7.80. The van der Waals surface area contributed by atoms with E-state index in [0.29, 0.717) is 17.3 Å². The molecule has 0 saturated heterocycles. The Morgan fingerprint density at radius 1 is 1.27 bits per heavy atom. The molecule has 4 rings (SSSR count). The van der Waals surface area contributed by atoms with Crippen LogP contribution in [0.5, 0.6) is 0 Å². The number of carbonyl (C=O) groups is 1. The van der Waals surface area contributed by atoms with Gasteiger partial charge in [0.15, 0.2) is 10.8 Å². The molecule has 130 valence electrons. The molecule has 0 atom stereocenters. The van der Waals surface area contributed by atoms with Gasteiger partial charge in [0, 0.05) is 30.0 Å². The van der Waals surface area contributed by atoms with Gasteiger partial charge in [0.1, 0.15) is 11.4 Å². The number of fused-ring (bicyclic) bond motifs is 1. The molecule has 0 fully saturated rings. The van der Waals surface area contributed by atoms with Crippen LogP contribution in [0.4, 0.5) is 10.2 Å². The van der Waals surface area contributed by atoms with Crippen molar-refractivity contribution in [3.63, 3.8) is 0 Å². The number of aromatic nitrogens is 4. The van der Waals surface area contributed by atoms with Gasteiger partial charge >= 0.3 is 0 Å². The zero-order valence-electron chi connectivity index (χ0n) is 13.3. The minimum absolute atomic E-state index is 0.0689. The number of benzene rings is 1. The van der Waals surface area contributed by atoms with E-state index in [1.54, 1.807) is 40.7 Å². The monoisotopic (exact) mass is 369 g/mol. The molecule has 1 N–H and O–H groups in total. The molecule has 26 heavy (non-hydrogen) atoms. The first kappa shape index (κ1) is 16.2. The number of hydrogen-bond acceptors (Lipinski definition) is 5. The number of amides is 1. The van der Waals surface area contributed by atoms with Gasteiger partial charge in [-0.3, -0.25) is 18.7 Å². The highest BCUT2D eigenvalue weighted by atomic mass is 32.1. The van der Waals surface area contributed by atoms with Crippen LogP contribution in [0.2, 0.25) is 0 Å². The zero-order chi connectivity index (χ0) is 18.1. The zero-order valence-corrected chi connectivity index (χ0v) is 14.1. The molecular formula is C17H12FN5O2S. The predicted octanol–water partition coefficient (Wildman–Crippen LogP) is 2.39. The lowest BCUT2D eigenvalue weighted by Gasteiger charge is -2.03. The molecule has 0 aliphatic carbocycles. The fraction of sp³-hybridized carbons (Fsp3) is 0.0588. The van der Waals surface area contributed by atoms with Crippen LogP contribution in [0.3, 0.4) is 0 Å². The van der Waals surface area contributed by atoms with E-state index in [0.717, 1.165) is 5.56 Å². The Kier molecular flexibility index (Phi) is 4.05. The van der Waals surface area contributed by atoms with Crippen molar-refractivity contribution in [2.45, 2.75) is 6.54 Å². The lowest BCUT2D eigenvalue weighted by atomic mass is 10.2. The van der Waals surface area contributed by atoms with Crippen LogP contribution in [0.15, 0.2) is 59.1 Å². The molecule has 4 aromatic rings. The summed E-state index contributed by atoms with van der Waals surface area (Å²) in [5.74, 6) is -0.611. The molecule has 0 unspecified atom stereocenters. The summed E-state index contributed by atoms with van der Waals surface area (Å²) in [6.07, 6.45) is 4.49. The van der Waals surface area contributed by atoms with Crippen LogP contribution >= 0.6 is 11.3 Å². The number of nitrogens with one attached hydrogen (secondary N) is 1. The van der Waals surface area contributed by atoms with Gasteiger partial charge in [-0.15, -0.1) is 11.3 Å². The van der Waals surface area contributed by atoms with E-state index in [-0.39, 0.29) is 11.4 Å². The quantitative estimate of drug-likeness (QED) is 0.599. The van der Waals surface area contributed by atoms with Crippen molar-refractivity contribution in [2.75, 3.05) is 5.32 Å². The molecule has 0 bridgehead atoms. The standard InChI is InChI=1S/C17H12FN5O2S/c18-12-3-1-2-11(8-12)10-22-5-4-14(21-22)20-15(24)13-9-19-17-23(16(13)25)6-7-26-17/h1-9H,10H2,(H,20,21,24). The van der Waals surface area contributed by atoms with Crippen LogP contribution in [-0.4, -0.2) is 25.1 Å². The Hall–Kier alpha value is -3.33. The third kappa shape index (κ3) is 3.11. The average molecular weight is 369 g/mol. The van der Waals surface area contributed by atoms with Crippen LogP contribution < -0.4 is 10.9 Å². The molecule has 1 amide bonds. The van der Waals surface area contributed by atoms with Crippen molar-refractivity contribution >= 4 is 28.0 Å². The number of hydrogen-bond donors (Lipinski definition) is 1. The van der Waals surface area contributed by atoms with E-state index in [1.165, 1.54) is 34.1 Å². The lowest BCUT2D eigenvalue weighted by Crippen LogP contribution is -2.26. The maximum Gasteiger partial charge on any atom is 0.271 e. The summed E-state index contributed by atoms with van der Waals surface area (Å²) < 4.78 is 16.1. The van der Waals surface area contributed by atoms with E-state index in [1.807, 2.05) is 0 Å². The van der Waals surface area contributed by atoms with Crippen LogP contribution in [0.1, 0.15) is 15.9 Å². The maximum absolute atomic E-state index is 13.2. The summed E-state index contributed by atoms with van der Waals surface area (Å²) in [5, 5.41) is 8.52. The Labute approximate surface area is 150 Å². The van der Waals surface area contributed by atoms with Gasteiger partial charge in [0.25, 0.3) is 11.5 Å². The molecule has 7 nitrogen and oxygen atoms in total. The topological polar surface area (TPSA) is 81.3 Å². The number of nitrogens with zero attached hydrogens (tertiary/aromatic N) is 4. The van der Waals surface area contributed by atoms with Crippen LogP contribution in [0, 0.1) is 5.82 Å². The highest BCUT2D eigenvalue weighted by Crippen LogP contribution is 2.10. The average Bonchev–Trinajstić information content (AvgIpc) is 3.25. The first-order valence-corrected chi connectivity index (χ1v) is 8.52. The number of halogens is 1. The molecular weight excluding hydrogens is 357 g/mol. The third-order valence-electron chi connectivity index (χ3n) is 3.70. The molecule has 0 spiro atoms. The minimum atomic E-state index is -0.584. The molecule has 3 heterocycles. The van der Waals surface area contributed by atoms with E-state index in [9.17, 15) is 14.0 Å². The second kappa shape index (κ2) is 6.52. The van der Waals surface area contributed by atoms with E-state index in [4.69, 9.17) is 0 Å². The molecule has 1 aromatic carbocycles. The number of anilines is 1. The molecule has 0 aliphatic rings. The molecule has 3 aromatic heterocycles. The first-order valence-electron chi connectivity index (χ1n) is 7.64. The Morgan fingerprint density at radius 2 is 2.15 bits per heavy atom. The van der Waals surface area contributed by atoms with Crippen molar-refractivity contribution in [2.24, 2.45) is 0 Å². The molecule has 0 aliphatic heterocycles. The van der Waals surface area contributed by atoms with Gasteiger partial charge in [0.05, 0.1) is 6.54 Å². The highest BCUT2D eigenvalue weighted by Gasteiger charge is 2.15. The second-order valence-electron chi connectivity index (χ2n) is 5.52. The Balaban J connectivity index is 1.52. The highest BCUT2D eigenvalue weighted by molar-refractivity contribution is 7.15. The maximum atomic E-state index is 13.2. The SMILES string of the molecule is O=C(Nc1ccn(Cc2cccc(F)c2)n1)c1cnc2sccn2c1=O. The molecule has 0 saturated carbocycles. The summed E-state index contributed by atoms with van der Waals surface area (Å²) in [6.45, 7) is 0.360. The number of carbonyl (C=O) groups excluding carboxylic acids is 1. The normalized spacial score (nSPS) is 11.0. The fourth-order valence-corrected chi connectivity index (χ4v) is 3.18. The first-order chi connectivity index (χ1) is 12.6. The van der Waals surface area contributed by atoms with Crippen LogP contribution in [0.25, 0.3) is 4.96 Å². The predicted molar refractivity (Wildman–Crippen MR) is 95.0 cm³/mol. The van der Waals surface area contributed by atoms with Gasteiger partial charge in [-0.25, -0.2) is 9.37 Å². The van der Waals surface area contributed by atoms with Crippen molar-refractivity contribution in [1.29, 1.82) is 0 Å². The van der Waals surface area contributed by atoms with Crippen molar-refractivity contribution in [3.05, 3.63) is 81.6 Å². The number of thiazole rings is 1. The largest absolute Gasteiger partial charge is 0.305 e. The van der Waals surface area contributed by atoms with E-state index in [2.05, 4.69) is 15.4 Å². The van der Waals surface area contributed by atoms with Crippen LogP contribution in [-0.2, 0) is 6.54 Å². The van der Waals surface area contributed by atoms with E-state index < -0.39 is 11.5 Å². The Morgan fingerprint density at radius 3 is 3.00 bits per heavy atom. The van der Waals surface area contributed by atoms with Gasteiger partial charge in [0.2, 0.25) is 0 Å². The van der Waals surface area contributed by atoms with Gasteiger partial charge in [-0.05, 0) is 17.7 Å². The fourth-order valence-electron chi connectivity index (χ4n) is 2.50. The molecule has 0 radical (unpaired) electrons. The lowest BCUT2D eigenvalue weighted by molar-refractivity contribution is 0.102.